The second-order valence-electron chi connectivity index (χ2n) is 4.04. The van der Waals surface area contributed by atoms with Gasteiger partial charge in [0.1, 0.15) is 4.60 Å². The van der Waals surface area contributed by atoms with Crippen molar-refractivity contribution in [2.75, 3.05) is 6.54 Å². The van der Waals surface area contributed by atoms with Gasteiger partial charge in [-0.05, 0) is 52.7 Å². The maximum Gasteiger partial charge on any atom is 0.254 e. The van der Waals surface area contributed by atoms with Crippen molar-refractivity contribution in [3.05, 3.63) is 58.6 Å². The van der Waals surface area contributed by atoms with Crippen molar-refractivity contribution in [1.29, 1.82) is 0 Å². The van der Waals surface area contributed by atoms with Crippen molar-refractivity contribution in [3.8, 4) is 0 Å². The zero-order chi connectivity index (χ0) is 13.7. The van der Waals surface area contributed by atoms with Crippen molar-refractivity contribution >= 4 is 21.8 Å². The van der Waals surface area contributed by atoms with Crippen LogP contribution in [0.5, 0.6) is 0 Å². The minimum Gasteiger partial charge on any atom is -0.335 e. The van der Waals surface area contributed by atoms with Gasteiger partial charge in [0.2, 0.25) is 0 Å². The number of pyridine rings is 2. The van der Waals surface area contributed by atoms with Gasteiger partial charge in [-0.25, -0.2) is 4.98 Å². The largest absolute Gasteiger partial charge is 0.335 e. The van der Waals surface area contributed by atoms with E-state index in [4.69, 9.17) is 0 Å². The first-order valence-electron chi connectivity index (χ1n) is 6.00. The SMILES string of the molecule is CCN(Cc1ccncc1)C(=O)c1ccnc(Br)c1. The first kappa shape index (κ1) is 13.7. The van der Waals surface area contributed by atoms with Crippen LogP contribution >= 0.6 is 15.9 Å². The molecular weight excluding hydrogens is 306 g/mol. The lowest BCUT2D eigenvalue weighted by Gasteiger charge is -2.21. The molecule has 1 amide bonds. The fraction of sp³-hybridized carbons (Fsp3) is 0.214. The molecule has 0 aliphatic carbocycles. The normalized spacial score (nSPS) is 10.2. The third kappa shape index (κ3) is 3.61. The molecule has 2 rings (SSSR count). The van der Waals surface area contributed by atoms with Gasteiger partial charge in [-0.15, -0.1) is 0 Å². The summed E-state index contributed by atoms with van der Waals surface area (Å²) in [6.45, 7) is 3.20. The maximum atomic E-state index is 12.4. The van der Waals surface area contributed by atoms with Gasteiger partial charge >= 0.3 is 0 Å². The Bertz CT molecular complexity index is 560. The third-order valence-electron chi connectivity index (χ3n) is 2.77. The summed E-state index contributed by atoms with van der Waals surface area (Å²) in [6.07, 6.45) is 5.09. The maximum absolute atomic E-state index is 12.4. The lowest BCUT2D eigenvalue weighted by Crippen LogP contribution is -2.30. The van der Waals surface area contributed by atoms with E-state index in [1.54, 1.807) is 35.6 Å². The molecular formula is C14H14BrN3O. The standard InChI is InChI=1S/C14H14BrN3O/c1-2-18(10-11-3-6-16-7-4-11)14(19)12-5-8-17-13(15)9-12/h3-9H,2,10H2,1H3. The van der Waals surface area contributed by atoms with Gasteiger partial charge in [-0.2, -0.15) is 0 Å². The fourth-order valence-electron chi connectivity index (χ4n) is 1.75. The van der Waals surface area contributed by atoms with Crippen LogP contribution in [-0.4, -0.2) is 27.3 Å². The number of carbonyl (C=O) groups is 1. The van der Waals surface area contributed by atoms with Crippen molar-refractivity contribution in [3.63, 3.8) is 0 Å². The van der Waals surface area contributed by atoms with Crippen molar-refractivity contribution in [2.24, 2.45) is 0 Å². The summed E-state index contributed by atoms with van der Waals surface area (Å²) >= 11 is 3.28. The van der Waals surface area contributed by atoms with Crippen LogP contribution in [0.4, 0.5) is 0 Å². The Labute approximate surface area is 120 Å². The van der Waals surface area contributed by atoms with Crippen LogP contribution < -0.4 is 0 Å². The number of halogens is 1. The number of rotatable bonds is 4. The highest BCUT2D eigenvalue weighted by molar-refractivity contribution is 9.10. The molecule has 4 nitrogen and oxygen atoms in total. The van der Waals surface area contributed by atoms with Crippen LogP contribution in [0, 0.1) is 0 Å². The van der Waals surface area contributed by atoms with Gasteiger partial charge in [0, 0.05) is 37.2 Å². The van der Waals surface area contributed by atoms with Gasteiger partial charge in [-0.1, -0.05) is 0 Å². The van der Waals surface area contributed by atoms with Crippen molar-refractivity contribution in [2.45, 2.75) is 13.5 Å². The topological polar surface area (TPSA) is 46.1 Å². The van der Waals surface area contributed by atoms with E-state index in [0.29, 0.717) is 23.3 Å². The molecule has 0 unspecified atom stereocenters. The van der Waals surface area contributed by atoms with E-state index in [2.05, 4.69) is 25.9 Å². The molecule has 0 atom stereocenters. The Morgan fingerprint density at radius 1 is 1.26 bits per heavy atom. The second kappa shape index (κ2) is 6.43. The van der Waals surface area contributed by atoms with Crippen LogP contribution in [0.25, 0.3) is 0 Å². The minimum absolute atomic E-state index is 0.00223. The molecule has 5 heteroatoms. The molecule has 0 N–H and O–H groups in total. The van der Waals surface area contributed by atoms with Gasteiger partial charge in [0.25, 0.3) is 5.91 Å². The van der Waals surface area contributed by atoms with E-state index in [1.807, 2.05) is 19.1 Å². The molecule has 0 saturated carbocycles. The third-order valence-corrected chi connectivity index (χ3v) is 3.20. The Morgan fingerprint density at radius 3 is 2.63 bits per heavy atom. The van der Waals surface area contributed by atoms with E-state index in [9.17, 15) is 4.79 Å². The molecule has 0 aliphatic rings. The molecule has 19 heavy (non-hydrogen) atoms. The van der Waals surface area contributed by atoms with Gasteiger partial charge < -0.3 is 4.90 Å². The molecule has 0 aliphatic heterocycles. The first-order chi connectivity index (χ1) is 9.20. The van der Waals surface area contributed by atoms with E-state index >= 15 is 0 Å². The van der Waals surface area contributed by atoms with Crippen LogP contribution in [0.1, 0.15) is 22.8 Å². The molecule has 0 spiro atoms. The summed E-state index contributed by atoms with van der Waals surface area (Å²) in [7, 11) is 0. The van der Waals surface area contributed by atoms with E-state index in [-0.39, 0.29) is 5.91 Å². The second-order valence-corrected chi connectivity index (χ2v) is 4.85. The lowest BCUT2D eigenvalue weighted by molar-refractivity contribution is 0.0752. The number of aromatic nitrogens is 2. The summed E-state index contributed by atoms with van der Waals surface area (Å²) in [6, 6.07) is 7.29. The summed E-state index contributed by atoms with van der Waals surface area (Å²) in [5.41, 5.74) is 1.70. The summed E-state index contributed by atoms with van der Waals surface area (Å²) in [5, 5.41) is 0. The number of hydrogen-bond donors (Lipinski definition) is 0. The van der Waals surface area contributed by atoms with Crippen LogP contribution in [0.15, 0.2) is 47.5 Å². The fourth-order valence-corrected chi connectivity index (χ4v) is 2.12. The van der Waals surface area contributed by atoms with Gasteiger partial charge in [-0.3, -0.25) is 9.78 Å². The van der Waals surface area contributed by atoms with Crippen molar-refractivity contribution < 1.29 is 4.79 Å². The minimum atomic E-state index is 0.00223. The number of hydrogen-bond acceptors (Lipinski definition) is 3. The Morgan fingerprint density at radius 2 is 2.00 bits per heavy atom. The van der Waals surface area contributed by atoms with Gasteiger partial charge in [0.05, 0.1) is 0 Å². The van der Waals surface area contributed by atoms with E-state index in [0.717, 1.165) is 5.56 Å². The summed E-state index contributed by atoms with van der Waals surface area (Å²) in [4.78, 5) is 22.2. The predicted molar refractivity (Wildman–Crippen MR) is 76.6 cm³/mol. The molecule has 0 bridgehead atoms. The molecule has 2 aromatic heterocycles. The molecule has 2 aromatic rings. The van der Waals surface area contributed by atoms with Crippen LogP contribution in [0.2, 0.25) is 0 Å². The highest BCUT2D eigenvalue weighted by Gasteiger charge is 2.14. The molecule has 0 fully saturated rings. The number of amides is 1. The Kier molecular flexibility index (Phi) is 4.63. The molecule has 0 saturated heterocycles. The van der Waals surface area contributed by atoms with E-state index in [1.165, 1.54) is 0 Å². The predicted octanol–water partition coefficient (Wildman–Crippen LogP) is 2.90. The Hall–Kier alpha value is -1.75. The zero-order valence-electron chi connectivity index (χ0n) is 10.6. The number of carbonyl (C=O) groups excluding carboxylic acids is 1. The highest BCUT2D eigenvalue weighted by atomic mass is 79.9. The van der Waals surface area contributed by atoms with E-state index < -0.39 is 0 Å². The summed E-state index contributed by atoms with van der Waals surface area (Å²) < 4.78 is 0.665. The quantitative estimate of drug-likeness (QED) is 0.814. The van der Waals surface area contributed by atoms with Crippen LogP contribution in [-0.2, 0) is 6.54 Å². The molecule has 2 heterocycles. The average molecular weight is 320 g/mol. The smallest absolute Gasteiger partial charge is 0.254 e. The van der Waals surface area contributed by atoms with Crippen molar-refractivity contribution in [1.82, 2.24) is 14.9 Å². The van der Waals surface area contributed by atoms with Gasteiger partial charge in [0.15, 0.2) is 0 Å². The highest BCUT2D eigenvalue weighted by Crippen LogP contribution is 2.12. The summed E-state index contributed by atoms with van der Waals surface area (Å²) in [5.74, 6) is 0.00223. The monoisotopic (exact) mass is 319 g/mol. The Balaban J connectivity index is 2.16. The van der Waals surface area contributed by atoms with Crippen LogP contribution in [0.3, 0.4) is 0 Å². The average Bonchev–Trinajstić information content (AvgIpc) is 2.45. The molecule has 98 valence electrons. The zero-order valence-corrected chi connectivity index (χ0v) is 12.2. The number of nitrogens with zero attached hydrogens (tertiary/aromatic N) is 3. The first-order valence-corrected chi connectivity index (χ1v) is 6.79. The lowest BCUT2D eigenvalue weighted by atomic mass is 10.2. The molecule has 0 aromatic carbocycles. The molecule has 0 radical (unpaired) electrons.